The van der Waals surface area contributed by atoms with Gasteiger partial charge in [-0.15, -0.1) is 0 Å². The highest BCUT2D eigenvalue weighted by atomic mass is 16.5. The maximum absolute atomic E-state index is 8.92. The van der Waals surface area contributed by atoms with E-state index in [0.29, 0.717) is 5.82 Å². The molecule has 1 aliphatic heterocycles. The predicted octanol–water partition coefficient (Wildman–Crippen LogP) is 4.19. The van der Waals surface area contributed by atoms with Crippen LogP contribution in [0.3, 0.4) is 0 Å². The summed E-state index contributed by atoms with van der Waals surface area (Å²) in [6.45, 7) is 2.39. The van der Waals surface area contributed by atoms with Crippen LogP contribution < -0.4 is 0 Å². The van der Waals surface area contributed by atoms with Crippen molar-refractivity contribution in [3.63, 3.8) is 0 Å². The summed E-state index contributed by atoms with van der Waals surface area (Å²) in [7, 11) is 0. The minimum Gasteiger partial charge on any atom is -0.396 e. The van der Waals surface area contributed by atoms with Gasteiger partial charge in [-0.25, -0.2) is 0 Å². The van der Waals surface area contributed by atoms with Crippen molar-refractivity contribution in [1.82, 2.24) is 15.0 Å². The van der Waals surface area contributed by atoms with Crippen molar-refractivity contribution in [3.8, 4) is 11.4 Å². The van der Waals surface area contributed by atoms with E-state index in [1.165, 1.54) is 17.2 Å². The van der Waals surface area contributed by atoms with Crippen LogP contribution in [-0.2, 0) is 0 Å². The molecule has 5 heteroatoms. The van der Waals surface area contributed by atoms with Crippen LogP contribution >= 0.6 is 0 Å². The third-order valence-electron chi connectivity index (χ3n) is 5.20. The molecule has 0 amide bonds. The Labute approximate surface area is 153 Å². The Kier molecular flexibility index (Phi) is 5.27. The lowest BCUT2D eigenvalue weighted by atomic mass is 10.1. The minimum absolute atomic E-state index is 0.228. The fourth-order valence-electron chi connectivity index (χ4n) is 3.79. The topological polar surface area (TPSA) is 62.4 Å². The third kappa shape index (κ3) is 3.64. The Bertz CT molecular complexity index is 861. The van der Waals surface area contributed by atoms with Gasteiger partial charge in [0.1, 0.15) is 0 Å². The normalized spacial score (nSPS) is 18.0. The van der Waals surface area contributed by atoms with Crippen molar-refractivity contribution < 1.29 is 9.63 Å². The smallest absolute Gasteiger partial charge is 0.244 e. The second-order valence-corrected chi connectivity index (χ2v) is 7.00. The molecule has 1 unspecified atom stereocenters. The molecular weight excluding hydrogens is 326 g/mol. The molecule has 0 saturated carbocycles. The van der Waals surface area contributed by atoms with Crippen molar-refractivity contribution in [2.24, 2.45) is 0 Å². The molecule has 2 heterocycles. The lowest BCUT2D eigenvalue weighted by Crippen LogP contribution is -2.24. The number of rotatable bonds is 7. The van der Waals surface area contributed by atoms with Crippen molar-refractivity contribution in [1.29, 1.82) is 0 Å². The molecule has 1 aromatic heterocycles. The first-order valence-corrected chi connectivity index (χ1v) is 9.53. The number of unbranched alkanes of at least 4 members (excludes halogenated alkanes) is 2. The van der Waals surface area contributed by atoms with Crippen LogP contribution in [0.1, 0.15) is 44.0 Å². The number of aromatic nitrogens is 2. The number of nitrogens with zero attached hydrogens (tertiary/aromatic N) is 3. The Morgan fingerprint density at radius 3 is 2.85 bits per heavy atom. The number of aliphatic hydroxyl groups is 1. The van der Waals surface area contributed by atoms with E-state index in [0.717, 1.165) is 50.2 Å². The Hall–Kier alpha value is -2.24. The fraction of sp³-hybridized carbons (Fsp3) is 0.429. The van der Waals surface area contributed by atoms with E-state index in [1.54, 1.807) is 0 Å². The molecule has 5 nitrogen and oxygen atoms in total. The number of fused-ring (bicyclic) bond motifs is 1. The number of benzene rings is 2. The first kappa shape index (κ1) is 17.2. The Morgan fingerprint density at radius 2 is 1.96 bits per heavy atom. The molecule has 4 rings (SSSR count). The molecular formula is C21H25N3O2. The highest BCUT2D eigenvalue weighted by Gasteiger charge is 2.30. The fourth-order valence-corrected chi connectivity index (χ4v) is 3.79. The molecule has 1 aliphatic rings. The standard InChI is InChI=1S/C21H25N3O2/c25-14-5-1-4-12-24-13-6-9-19(24)21-22-20(23-26-21)18-11-10-16-7-2-3-8-17(16)15-18/h2-3,7-8,10-11,15,19,25H,1,4-6,9,12-14H2. The first-order chi connectivity index (χ1) is 12.8. The second-order valence-electron chi connectivity index (χ2n) is 7.00. The molecule has 136 valence electrons. The van der Waals surface area contributed by atoms with Crippen LogP contribution in [0, 0.1) is 0 Å². The zero-order valence-corrected chi connectivity index (χ0v) is 15.0. The van der Waals surface area contributed by atoms with Crippen molar-refractivity contribution in [3.05, 3.63) is 48.4 Å². The van der Waals surface area contributed by atoms with E-state index in [2.05, 4.69) is 40.4 Å². The summed E-state index contributed by atoms with van der Waals surface area (Å²) in [5.41, 5.74) is 0.992. The van der Waals surface area contributed by atoms with Gasteiger partial charge in [-0.2, -0.15) is 4.98 Å². The van der Waals surface area contributed by atoms with E-state index < -0.39 is 0 Å². The van der Waals surface area contributed by atoms with Gasteiger partial charge in [0.25, 0.3) is 0 Å². The van der Waals surface area contributed by atoms with Crippen molar-refractivity contribution in [2.75, 3.05) is 19.7 Å². The minimum atomic E-state index is 0.228. The number of aliphatic hydroxyl groups excluding tert-OH is 1. The van der Waals surface area contributed by atoms with Crippen molar-refractivity contribution >= 4 is 10.8 Å². The third-order valence-corrected chi connectivity index (χ3v) is 5.20. The maximum atomic E-state index is 8.92. The highest BCUT2D eigenvalue weighted by molar-refractivity contribution is 5.86. The van der Waals surface area contributed by atoms with Gasteiger partial charge in [0.15, 0.2) is 0 Å². The SMILES string of the molecule is OCCCCCN1CCCC1c1nc(-c2ccc3ccccc3c2)no1. The zero-order valence-electron chi connectivity index (χ0n) is 15.0. The lowest BCUT2D eigenvalue weighted by molar-refractivity contribution is 0.201. The monoisotopic (exact) mass is 351 g/mol. The summed E-state index contributed by atoms with van der Waals surface area (Å²) in [6, 6.07) is 14.8. The average Bonchev–Trinajstić information content (AvgIpc) is 3.34. The first-order valence-electron chi connectivity index (χ1n) is 9.53. The van der Waals surface area contributed by atoms with Crippen LogP contribution in [0.15, 0.2) is 47.0 Å². The lowest BCUT2D eigenvalue weighted by Gasteiger charge is -2.21. The van der Waals surface area contributed by atoms with Gasteiger partial charge in [-0.05, 0) is 62.0 Å². The Morgan fingerprint density at radius 1 is 1.08 bits per heavy atom. The molecule has 0 bridgehead atoms. The van der Waals surface area contributed by atoms with Crippen LogP contribution in [0.5, 0.6) is 0 Å². The quantitative estimate of drug-likeness (QED) is 0.647. The molecule has 3 aromatic rings. The summed E-state index contributed by atoms with van der Waals surface area (Å²) >= 11 is 0. The molecule has 1 N–H and O–H groups in total. The summed E-state index contributed by atoms with van der Waals surface area (Å²) in [4.78, 5) is 7.14. The van der Waals surface area contributed by atoms with E-state index in [1.807, 2.05) is 12.1 Å². The highest BCUT2D eigenvalue weighted by Crippen LogP contribution is 2.32. The van der Waals surface area contributed by atoms with Crippen LogP contribution in [-0.4, -0.2) is 39.8 Å². The van der Waals surface area contributed by atoms with Gasteiger partial charge in [0, 0.05) is 12.2 Å². The molecule has 0 spiro atoms. The predicted molar refractivity (Wildman–Crippen MR) is 102 cm³/mol. The molecule has 1 saturated heterocycles. The van der Waals surface area contributed by atoms with E-state index in [4.69, 9.17) is 14.6 Å². The van der Waals surface area contributed by atoms with Crippen molar-refractivity contribution in [2.45, 2.75) is 38.1 Å². The van der Waals surface area contributed by atoms with Crippen LogP contribution in [0.2, 0.25) is 0 Å². The van der Waals surface area contributed by atoms with Gasteiger partial charge < -0.3 is 9.63 Å². The average molecular weight is 351 g/mol. The largest absolute Gasteiger partial charge is 0.396 e. The van der Waals surface area contributed by atoms with Gasteiger partial charge >= 0.3 is 0 Å². The molecule has 2 aromatic carbocycles. The Balaban J connectivity index is 1.49. The van der Waals surface area contributed by atoms with Gasteiger partial charge in [0.05, 0.1) is 6.04 Å². The van der Waals surface area contributed by atoms with Gasteiger partial charge in [-0.3, -0.25) is 4.90 Å². The van der Waals surface area contributed by atoms with Crippen LogP contribution in [0.4, 0.5) is 0 Å². The molecule has 26 heavy (non-hydrogen) atoms. The van der Waals surface area contributed by atoms with E-state index in [-0.39, 0.29) is 12.6 Å². The van der Waals surface area contributed by atoms with E-state index >= 15 is 0 Å². The second kappa shape index (κ2) is 7.98. The number of hydrogen-bond acceptors (Lipinski definition) is 5. The molecule has 1 fully saturated rings. The van der Waals surface area contributed by atoms with Gasteiger partial charge in [0.2, 0.25) is 11.7 Å². The molecule has 1 atom stereocenters. The molecule has 0 radical (unpaired) electrons. The summed E-state index contributed by atoms with van der Waals surface area (Å²) in [6.07, 6.45) is 5.28. The number of likely N-dealkylation sites (tertiary alicyclic amines) is 1. The summed E-state index contributed by atoms with van der Waals surface area (Å²) in [5.74, 6) is 1.39. The van der Waals surface area contributed by atoms with Crippen LogP contribution in [0.25, 0.3) is 22.2 Å². The number of hydrogen-bond donors (Lipinski definition) is 1. The van der Waals surface area contributed by atoms with E-state index in [9.17, 15) is 0 Å². The maximum Gasteiger partial charge on any atom is 0.244 e. The summed E-state index contributed by atoms with van der Waals surface area (Å²) in [5, 5.41) is 15.6. The van der Waals surface area contributed by atoms with Gasteiger partial charge in [-0.1, -0.05) is 41.6 Å². The summed E-state index contributed by atoms with van der Waals surface area (Å²) < 4.78 is 5.63. The molecule has 0 aliphatic carbocycles. The zero-order chi connectivity index (χ0) is 17.8.